The zero-order valence-electron chi connectivity index (χ0n) is 13.5. The average molecular weight is 337 g/mol. The van der Waals surface area contributed by atoms with Gasteiger partial charge in [-0.1, -0.05) is 6.07 Å². The number of aryl methyl sites for hydroxylation is 1. The Bertz CT molecular complexity index is 1040. The van der Waals surface area contributed by atoms with Gasteiger partial charge in [-0.2, -0.15) is 0 Å². The number of carbonyl (C=O) groups is 1. The summed E-state index contributed by atoms with van der Waals surface area (Å²) in [5, 5.41) is 3.50. The lowest BCUT2D eigenvalue weighted by Gasteiger charge is -2.09. The third-order valence-electron chi connectivity index (χ3n) is 4.10. The highest BCUT2D eigenvalue weighted by Crippen LogP contribution is 2.32. The van der Waals surface area contributed by atoms with Gasteiger partial charge < -0.3 is 14.8 Å². The molecule has 25 heavy (non-hydrogen) atoms. The number of hydrogen-bond acceptors (Lipinski definition) is 5. The first-order valence-corrected chi connectivity index (χ1v) is 7.75. The third-order valence-corrected chi connectivity index (χ3v) is 4.10. The molecule has 0 atom stereocenters. The third kappa shape index (κ3) is 2.69. The number of rotatable bonds is 3. The van der Waals surface area contributed by atoms with Crippen molar-refractivity contribution in [2.75, 3.05) is 6.79 Å². The predicted octanol–water partition coefficient (Wildman–Crippen LogP) is 1.59. The first kappa shape index (κ1) is 15.2. The van der Waals surface area contributed by atoms with Gasteiger partial charge in [-0.25, -0.2) is 4.98 Å². The van der Waals surface area contributed by atoms with Gasteiger partial charge in [0.1, 0.15) is 11.2 Å². The highest BCUT2D eigenvalue weighted by molar-refractivity contribution is 5.96. The molecule has 1 aliphatic rings. The molecule has 0 aliphatic carbocycles. The van der Waals surface area contributed by atoms with Gasteiger partial charge >= 0.3 is 0 Å². The summed E-state index contributed by atoms with van der Waals surface area (Å²) >= 11 is 0. The number of aromatic nitrogens is 2. The van der Waals surface area contributed by atoms with E-state index in [1.54, 1.807) is 31.4 Å². The van der Waals surface area contributed by atoms with Gasteiger partial charge in [-0.05, 0) is 35.9 Å². The van der Waals surface area contributed by atoms with Gasteiger partial charge in [0.25, 0.3) is 11.5 Å². The van der Waals surface area contributed by atoms with Crippen LogP contribution in [0.2, 0.25) is 0 Å². The topological polar surface area (TPSA) is 82.5 Å². The van der Waals surface area contributed by atoms with Crippen LogP contribution in [0.5, 0.6) is 11.5 Å². The second-order valence-corrected chi connectivity index (χ2v) is 5.71. The minimum atomic E-state index is -0.427. The number of amides is 1. The second-order valence-electron chi connectivity index (χ2n) is 5.71. The molecule has 0 radical (unpaired) electrons. The number of pyridine rings is 2. The van der Waals surface area contributed by atoms with Crippen LogP contribution in [0.25, 0.3) is 11.0 Å². The lowest BCUT2D eigenvalue weighted by atomic mass is 10.1. The Morgan fingerprint density at radius 1 is 1.24 bits per heavy atom. The SMILES string of the molecule is Cn1c(=O)c(C(=O)NCc2ccc3c(c2)OCO3)cc2cccnc21. The van der Waals surface area contributed by atoms with E-state index in [0.717, 1.165) is 10.9 Å². The number of ether oxygens (including phenoxy) is 2. The standard InChI is InChI=1S/C18H15N3O4/c1-21-16-12(3-2-6-19-16)8-13(18(21)23)17(22)20-9-11-4-5-14-15(7-11)25-10-24-14/h2-8H,9-10H2,1H3,(H,20,22). The molecule has 1 aliphatic heterocycles. The number of nitrogens with one attached hydrogen (secondary N) is 1. The molecule has 0 saturated carbocycles. The fraction of sp³-hybridized carbons (Fsp3) is 0.167. The van der Waals surface area contributed by atoms with Crippen molar-refractivity contribution in [3.8, 4) is 11.5 Å². The lowest BCUT2D eigenvalue weighted by Crippen LogP contribution is -2.32. The van der Waals surface area contributed by atoms with Crippen LogP contribution in [0.15, 0.2) is 47.4 Å². The van der Waals surface area contributed by atoms with E-state index in [-0.39, 0.29) is 24.5 Å². The minimum Gasteiger partial charge on any atom is -0.454 e. The molecule has 7 nitrogen and oxygen atoms in total. The molecular formula is C18H15N3O4. The molecule has 3 heterocycles. The minimum absolute atomic E-state index is 0.0868. The van der Waals surface area contributed by atoms with Crippen LogP contribution in [0, 0.1) is 0 Å². The van der Waals surface area contributed by atoms with Gasteiger partial charge in [0, 0.05) is 25.2 Å². The molecule has 7 heteroatoms. The van der Waals surface area contributed by atoms with Crippen LogP contribution in [0.1, 0.15) is 15.9 Å². The normalized spacial score (nSPS) is 12.4. The van der Waals surface area contributed by atoms with Crippen LogP contribution in [0.4, 0.5) is 0 Å². The molecule has 0 unspecified atom stereocenters. The molecule has 126 valence electrons. The number of fused-ring (bicyclic) bond motifs is 2. The molecule has 0 spiro atoms. The average Bonchev–Trinajstić information content (AvgIpc) is 3.10. The van der Waals surface area contributed by atoms with Crippen molar-refractivity contribution >= 4 is 16.9 Å². The monoisotopic (exact) mass is 337 g/mol. The van der Waals surface area contributed by atoms with E-state index in [1.807, 2.05) is 18.2 Å². The Balaban J connectivity index is 1.58. The maximum atomic E-state index is 12.5. The van der Waals surface area contributed by atoms with E-state index >= 15 is 0 Å². The Morgan fingerprint density at radius 3 is 2.96 bits per heavy atom. The van der Waals surface area contributed by atoms with Crippen molar-refractivity contribution in [2.45, 2.75) is 6.54 Å². The molecule has 1 aromatic carbocycles. The number of benzene rings is 1. The van der Waals surface area contributed by atoms with Crippen molar-refractivity contribution in [3.63, 3.8) is 0 Å². The van der Waals surface area contributed by atoms with E-state index in [2.05, 4.69) is 10.3 Å². The first-order chi connectivity index (χ1) is 12.1. The van der Waals surface area contributed by atoms with Crippen molar-refractivity contribution in [1.82, 2.24) is 14.9 Å². The largest absolute Gasteiger partial charge is 0.454 e. The van der Waals surface area contributed by atoms with E-state index < -0.39 is 5.91 Å². The van der Waals surface area contributed by atoms with E-state index in [1.165, 1.54) is 4.57 Å². The van der Waals surface area contributed by atoms with Crippen LogP contribution in [-0.2, 0) is 13.6 Å². The van der Waals surface area contributed by atoms with Gasteiger partial charge in [-0.15, -0.1) is 0 Å². The van der Waals surface area contributed by atoms with Crippen LogP contribution in [0.3, 0.4) is 0 Å². The summed E-state index contributed by atoms with van der Waals surface area (Å²) in [6.07, 6.45) is 1.61. The Hall–Kier alpha value is -3.35. The summed E-state index contributed by atoms with van der Waals surface area (Å²) < 4.78 is 12.0. The van der Waals surface area contributed by atoms with E-state index in [4.69, 9.17) is 9.47 Å². The van der Waals surface area contributed by atoms with Gasteiger partial charge in [0.2, 0.25) is 6.79 Å². The highest BCUT2D eigenvalue weighted by Gasteiger charge is 2.16. The number of carbonyl (C=O) groups excluding carboxylic acids is 1. The summed E-state index contributed by atoms with van der Waals surface area (Å²) in [5.41, 5.74) is 1.11. The highest BCUT2D eigenvalue weighted by atomic mass is 16.7. The lowest BCUT2D eigenvalue weighted by molar-refractivity contribution is 0.0949. The van der Waals surface area contributed by atoms with Crippen LogP contribution in [-0.4, -0.2) is 22.3 Å². The molecule has 0 saturated heterocycles. The quantitative estimate of drug-likeness (QED) is 0.785. The van der Waals surface area contributed by atoms with Crippen molar-refractivity contribution in [1.29, 1.82) is 0 Å². The van der Waals surface area contributed by atoms with Crippen molar-refractivity contribution in [3.05, 3.63) is 64.1 Å². The van der Waals surface area contributed by atoms with Crippen molar-refractivity contribution < 1.29 is 14.3 Å². The Kier molecular flexibility index (Phi) is 3.61. The molecule has 4 rings (SSSR count). The van der Waals surface area contributed by atoms with Gasteiger partial charge in [-0.3, -0.25) is 14.2 Å². The smallest absolute Gasteiger partial charge is 0.264 e. The molecular weight excluding hydrogens is 322 g/mol. The summed E-state index contributed by atoms with van der Waals surface area (Å²) in [7, 11) is 1.60. The Labute approximate surface area is 142 Å². The van der Waals surface area contributed by atoms with E-state index in [9.17, 15) is 9.59 Å². The maximum absolute atomic E-state index is 12.5. The van der Waals surface area contributed by atoms with Crippen LogP contribution < -0.4 is 20.3 Å². The molecule has 1 N–H and O–H groups in total. The molecule has 0 fully saturated rings. The molecule has 2 aromatic heterocycles. The molecule has 3 aromatic rings. The number of nitrogens with zero attached hydrogens (tertiary/aromatic N) is 2. The molecule has 1 amide bonds. The summed E-state index contributed by atoms with van der Waals surface area (Å²) in [5.74, 6) is 0.912. The maximum Gasteiger partial charge on any atom is 0.264 e. The zero-order valence-corrected chi connectivity index (χ0v) is 13.5. The van der Waals surface area contributed by atoms with Crippen LogP contribution >= 0.6 is 0 Å². The number of hydrogen-bond donors (Lipinski definition) is 1. The summed E-state index contributed by atoms with van der Waals surface area (Å²) in [6.45, 7) is 0.482. The fourth-order valence-electron chi connectivity index (χ4n) is 2.79. The summed E-state index contributed by atoms with van der Waals surface area (Å²) in [4.78, 5) is 29.1. The van der Waals surface area contributed by atoms with Gasteiger partial charge in [0.05, 0.1) is 0 Å². The van der Waals surface area contributed by atoms with Gasteiger partial charge in [0.15, 0.2) is 11.5 Å². The van der Waals surface area contributed by atoms with E-state index in [0.29, 0.717) is 17.1 Å². The second kappa shape index (κ2) is 5.94. The summed E-state index contributed by atoms with van der Waals surface area (Å²) in [6, 6.07) is 10.6. The Morgan fingerprint density at radius 2 is 2.08 bits per heavy atom. The molecule has 0 bridgehead atoms. The zero-order chi connectivity index (χ0) is 17.4. The first-order valence-electron chi connectivity index (χ1n) is 7.75. The fourth-order valence-corrected chi connectivity index (χ4v) is 2.79. The van der Waals surface area contributed by atoms with Crippen molar-refractivity contribution in [2.24, 2.45) is 7.05 Å². The predicted molar refractivity (Wildman–Crippen MR) is 90.7 cm³/mol.